The Labute approximate surface area is 140 Å². The Balaban J connectivity index is 2.40. The molecule has 0 fully saturated rings. The summed E-state index contributed by atoms with van der Waals surface area (Å²) in [6.45, 7) is 3.86. The lowest BCUT2D eigenvalue weighted by Crippen LogP contribution is -2.19. The highest BCUT2D eigenvalue weighted by atomic mass is 32.2. The van der Waals surface area contributed by atoms with E-state index in [0.29, 0.717) is 0 Å². The summed E-state index contributed by atoms with van der Waals surface area (Å²) in [6, 6.07) is 11.4. The number of nitro benzene ring substituents is 1. The standard InChI is InChI=1S/C16H19N3O4S/c1-11-6-4-5-7-14(11)12(2)18-15-9-8-13(24(22,23)17-3)10-16(15)19(20)21/h4-10,12,17-18H,1-3H3. The van der Waals surface area contributed by atoms with E-state index >= 15 is 0 Å². The van der Waals surface area contributed by atoms with Crippen LogP contribution >= 0.6 is 0 Å². The smallest absolute Gasteiger partial charge is 0.293 e. The number of nitrogens with zero attached hydrogens (tertiary/aromatic N) is 1. The molecule has 0 radical (unpaired) electrons. The molecule has 0 spiro atoms. The first-order chi connectivity index (χ1) is 11.3. The predicted molar refractivity (Wildman–Crippen MR) is 92.6 cm³/mol. The van der Waals surface area contributed by atoms with Gasteiger partial charge in [-0.05, 0) is 44.2 Å². The van der Waals surface area contributed by atoms with Crippen molar-refractivity contribution in [2.75, 3.05) is 12.4 Å². The Hall–Kier alpha value is -2.45. The summed E-state index contributed by atoms with van der Waals surface area (Å²) >= 11 is 0. The van der Waals surface area contributed by atoms with Gasteiger partial charge >= 0.3 is 0 Å². The maximum atomic E-state index is 11.8. The number of aryl methyl sites for hydroxylation is 1. The van der Waals surface area contributed by atoms with Crippen LogP contribution in [-0.2, 0) is 10.0 Å². The van der Waals surface area contributed by atoms with Crippen molar-refractivity contribution in [1.82, 2.24) is 4.72 Å². The maximum absolute atomic E-state index is 11.8. The zero-order valence-corrected chi connectivity index (χ0v) is 14.4. The normalized spacial score (nSPS) is 12.6. The van der Waals surface area contributed by atoms with E-state index in [1.165, 1.54) is 19.2 Å². The molecule has 7 nitrogen and oxygen atoms in total. The molecule has 0 aromatic heterocycles. The first-order valence-electron chi connectivity index (χ1n) is 7.30. The fourth-order valence-electron chi connectivity index (χ4n) is 2.45. The molecule has 24 heavy (non-hydrogen) atoms. The van der Waals surface area contributed by atoms with Gasteiger partial charge in [-0.15, -0.1) is 0 Å². The fourth-order valence-corrected chi connectivity index (χ4v) is 3.20. The molecule has 2 N–H and O–H groups in total. The maximum Gasteiger partial charge on any atom is 0.293 e. The lowest BCUT2D eigenvalue weighted by Gasteiger charge is -2.18. The summed E-state index contributed by atoms with van der Waals surface area (Å²) < 4.78 is 25.8. The van der Waals surface area contributed by atoms with E-state index in [1.54, 1.807) is 0 Å². The molecule has 2 aromatic carbocycles. The van der Waals surface area contributed by atoms with Crippen LogP contribution in [0.1, 0.15) is 24.1 Å². The van der Waals surface area contributed by atoms with Gasteiger partial charge in [0.05, 0.1) is 9.82 Å². The van der Waals surface area contributed by atoms with E-state index < -0.39 is 14.9 Å². The zero-order valence-electron chi connectivity index (χ0n) is 13.6. The molecule has 2 aromatic rings. The highest BCUT2D eigenvalue weighted by Crippen LogP contribution is 2.31. The lowest BCUT2D eigenvalue weighted by atomic mass is 10.0. The van der Waals surface area contributed by atoms with Crippen LogP contribution in [0.2, 0.25) is 0 Å². The SMILES string of the molecule is CNS(=O)(=O)c1ccc(NC(C)c2ccccc2C)c([N+](=O)[O-])c1. The van der Waals surface area contributed by atoms with Crippen molar-refractivity contribution in [3.63, 3.8) is 0 Å². The van der Waals surface area contributed by atoms with Crippen LogP contribution in [0.5, 0.6) is 0 Å². The molecule has 0 aliphatic rings. The lowest BCUT2D eigenvalue weighted by molar-refractivity contribution is -0.384. The van der Waals surface area contributed by atoms with Crippen molar-refractivity contribution in [2.24, 2.45) is 0 Å². The number of hydrogen-bond acceptors (Lipinski definition) is 5. The number of benzene rings is 2. The Morgan fingerprint density at radius 3 is 2.42 bits per heavy atom. The number of hydrogen-bond donors (Lipinski definition) is 2. The van der Waals surface area contributed by atoms with Crippen molar-refractivity contribution in [3.8, 4) is 0 Å². The van der Waals surface area contributed by atoms with E-state index in [1.807, 2.05) is 38.1 Å². The summed E-state index contributed by atoms with van der Waals surface area (Å²) in [5.41, 5.74) is 2.06. The van der Waals surface area contributed by atoms with E-state index in [2.05, 4.69) is 10.0 Å². The van der Waals surface area contributed by atoms with Gasteiger partial charge in [0.2, 0.25) is 10.0 Å². The van der Waals surface area contributed by atoms with Gasteiger partial charge < -0.3 is 5.32 Å². The highest BCUT2D eigenvalue weighted by molar-refractivity contribution is 7.89. The van der Waals surface area contributed by atoms with Gasteiger partial charge in [0, 0.05) is 12.1 Å². The monoisotopic (exact) mass is 349 g/mol. The molecule has 1 atom stereocenters. The fraction of sp³-hybridized carbons (Fsp3) is 0.250. The van der Waals surface area contributed by atoms with Crippen LogP contribution < -0.4 is 10.0 Å². The molecular weight excluding hydrogens is 330 g/mol. The Morgan fingerprint density at radius 2 is 1.83 bits per heavy atom. The minimum Gasteiger partial charge on any atom is -0.373 e. The van der Waals surface area contributed by atoms with Gasteiger partial charge in [0.1, 0.15) is 5.69 Å². The molecule has 0 saturated heterocycles. The highest BCUT2D eigenvalue weighted by Gasteiger charge is 2.21. The average molecular weight is 349 g/mol. The molecule has 0 aliphatic carbocycles. The number of rotatable bonds is 6. The number of nitrogens with one attached hydrogen (secondary N) is 2. The van der Waals surface area contributed by atoms with E-state index in [4.69, 9.17) is 0 Å². The molecule has 0 saturated carbocycles. The minimum atomic E-state index is -3.74. The summed E-state index contributed by atoms with van der Waals surface area (Å²) in [5.74, 6) is 0. The van der Waals surface area contributed by atoms with E-state index in [0.717, 1.165) is 17.2 Å². The summed E-state index contributed by atoms with van der Waals surface area (Å²) in [7, 11) is -2.48. The van der Waals surface area contributed by atoms with Crippen LogP contribution in [0, 0.1) is 17.0 Å². The van der Waals surface area contributed by atoms with Crippen LogP contribution in [0.25, 0.3) is 0 Å². The Morgan fingerprint density at radius 1 is 1.17 bits per heavy atom. The molecule has 128 valence electrons. The quantitative estimate of drug-likeness (QED) is 0.617. The van der Waals surface area contributed by atoms with Crippen LogP contribution in [-0.4, -0.2) is 20.4 Å². The first kappa shape index (κ1) is 17.9. The average Bonchev–Trinajstić information content (AvgIpc) is 2.55. The van der Waals surface area contributed by atoms with Crippen molar-refractivity contribution >= 4 is 21.4 Å². The van der Waals surface area contributed by atoms with Gasteiger partial charge in [0.25, 0.3) is 5.69 Å². The number of sulfonamides is 1. The van der Waals surface area contributed by atoms with Gasteiger partial charge in [0.15, 0.2) is 0 Å². The van der Waals surface area contributed by atoms with Crippen LogP contribution in [0.4, 0.5) is 11.4 Å². The second kappa shape index (κ2) is 6.98. The topological polar surface area (TPSA) is 101 Å². The Kier molecular flexibility index (Phi) is 5.20. The van der Waals surface area contributed by atoms with Crippen LogP contribution in [0.3, 0.4) is 0 Å². The predicted octanol–water partition coefficient (Wildman–Crippen LogP) is 2.98. The molecule has 0 bridgehead atoms. The minimum absolute atomic E-state index is 0.147. The molecule has 2 rings (SSSR count). The van der Waals surface area contributed by atoms with E-state index in [-0.39, 0.29) is 22.3 Å². The summed E-state index contributed by atoms with van der Waals surface area (Å²) in [4.78, 5) is 10.6. The third-order valence-corrected chi connectivity index (χ3v) is 5.18. The van der Waals surface area contributed by atoms with Gasteiger partial charge in [-0.2, -0.15) is 0 Å². The van der Waals surface area contributed by atoms with Gasteiger partial charge in [-0.3, -0.25) is 10.1 Å². The molecule has 0 aliphatic heterocycles. The van der Waals surface area contributed by atoms with Crippen molar-refractivity contribution in [1.29, 1.82) is 0 Å². The molecular formula is C16H19N3O4S. The largest absolute Gasteiger partial charge is 0.373 e. The number of anilines is 1. The van der Waals surface area contributed by atoms with Crippen molar-refractivity contribution in [3.05, 3.63) is 63.7 Å². The van der Waals surface area contributed by atoms with Gasteiger partial charge in [-0.1, -0.05) is 24.3 Å². The van der Waals surface area contributed by atoms with Crippen LogP contribution in [0.15, 0.2) is 47.4 Å². The zero-order chi connectivity index (χ0) is 17.9. The molecule has 8 heteroatoms. The number of nitro groups is 1. The van der Waals surface area contributed by atoms with E-state index in [9.17, 15) is 18.5 Å². The second-order valence-corrected chi connectivity index (χ2v) is 7.25. The molecule has 0 heterocycles. The van der Waals surface area contributed by atoms with Gasteiger partial charge in [-0.25, -0.2) is 13.1 Å². The summed E-state index contributed by atoms with van der Waals surface area (Å²) in [6.07, 6.45) is 0. The third-order valence-electron chi connectivity index (χ3n) is 3.77. The van der Waals surface area contributed by atoms with Crippen molar-refractivity contribution < 1.29 is 13.3 Å². The molecule has 1 unspecified atom stereocenters. The second-order valence-electron chi connectivity index (χ2n) is 5.37. The first-order valence-corrected chi connectivity index (χ1v) is 8.78. The molecule has 0 amide bonds. The van der Waals surface area contributed by atoms with Crippen molar-refractivity contribution in [2.45, 2.75) is 24.8 Å². The Bertz CT molecular complexity index is 865. The third kappa shape index (κ3) is 3.72. The summed E-state index contributed by atoms with van der Waals surface area (Å²) in [5, 5.41) is 14.4.